The van der Waals surface area contributed by atoms with E-state index in [4.69, 9.17) is 0 Å². The Bertz CT molecular complexity index is 445. The molecule has 2 heterocycles. The predicted octanol–water partition coefficient (Wildman–Crippen LogP) is 1.22. The number of thiazole rings is 1. The second-order valence-electron chi connectivity index (χ2n) is 3.96. The number of hydrogen-bond acceptors (Lipinski definition) is 5. The highest BCUT2D eigenvalue weighted by molar-refractivity contribution is 7.13. The molecule has 5 nitrogen and oxygen atoms in total. The second kappa shape index (κ2) is 4.31. The molecule has 0 aliphatic heterocycles. The number of rotatable bonds is 5. The van der Waals surface area contributed by atoms with Crippen molar-refractivity contribution in [2.75, 3.05) is 6.54 Å². The van der Waals surface area contributed by atoms with Crippen LogP contribution in [0.25, 0.3) is 10.8 Å². The fourth-order valence-corrected chi connectivity index (χ4v) is 2.33. The topological polar surface area (TPSA) is 66.5 Å². The minimum absolute atomic E-state index is 0.756. The van der Waals surface area contributed by atoms with E-state index in [2.05, 4.69) is 30.9 Å². The van der Waals surface area contributed by atoms with E-state index in [1.165, 1.54) is 19.2 Å². The summed E-state index contributed by atoms with van der Waals surface area (Å²) in [5, 5.41) is 13.1. The Hall–Kier alpha value is -1.27. The Labute approximate surface area is 97.3 Å². The fourth-order valence-electron chi connectivity index (χ4n) is 1.53. The summed E-state index contributed by atoms with van der Waals surface area (Å²) in [6.45, 7) is 1.02. The third-order valence-electron chi connectivity index (χ3n) is 2.56. The van der Waals surface area contributed by atoms with Crippen molar-refractivity contribution in [3.63, 3.8) is 0 Å². The van der Waals surface area contributed by atoms with Crippen LogP contribution in [-0.4, -0.2) is 32.8 Å². The van der Waals surface area contributed by atoms with Gasteiger partial charge in [-0.25, -0.2) is 9.97 Å². The van der Waals surface area contributed by atoms with Crippen LogP contribution in [-0.2, 0) is 6.42 Å². The van der Waals surface area contributed by atoms with E-state index in [9.17, 15) is 0 Å². The van der Waals surface area contributed by atoms with E-state index in [1.54, 1.807) is 11.3 Å². The number of nitrogens with zero attached hydrogens (tertiary/aromatic N) is 3. The lowest BCUT2D eigenvalue weighted by atomic mass is 10.3. The van der Waals surface area contributed by atoms with Crippen LogP contribution in [0, 0.1) is 0 Å². The molecule has 2 aromatic rings. The monoisotopic (exact) mass is 235 g/mol. The Morgan fingerprint density at radius 2 is 2.44 bits per heavy atom. The molecule has 0 aromatic carbocycles. The summed E-state index contributed by atoms with van der Waals surface area (Å²) in [5.74, 6) is 0.756. The smallest absolute Gasteiger partial charge is 0.184 e. The van der Waals surface area contributed by atoms with E-state index >= 15 is 0 Å². The molecular weight excluding hydrogens is 222 g/mol. The van der Waals surface area contributed by atoms with Crippen molar-refractivity contribution >= 4 is 11.3 Å². The maximum atomic E-state index is 4.51. The van der Waals surface area contributed by atoms with Crippen molar-refractivity contribution in [2.45, 2.75) is 25.3 Å². The zero-order valence-electron chi connectivity index (χ0n) is 8.81. The van der Waals surface area contributed by atoms with Gasteiger partial charge in [0.1, 0.15) is 6.33 Å². The Kier molecular flexibility index (Phi) is 2.67. The molecule has 0 atom stereocenters. The van der Waals surface area contributed by atoms with Crippen LogP contribution in [0.4, 0.5) is 0 Å². The van der Waals surface area contributed by atoms with Crippen LogP contribution >= 0.6 is 11.3 Å². The van der Waals surface area contributed by atoms with Gasteiger partial charge in [0.15, 0.2) is 10.8 Å². The van der Waals surface area contributed by atoms with E-state index in [0.29, 0.717) is 0 Å². The molecule has 0 unspecified atom stereocenters. The molecular formula is C10H13N5S. The van der Waals surface area contributed by atoms with Gasteiger partial charge in [0.05, 0.1) is 5.69 Å². The van der Waals surface area contributed by atoms with Gasteiger partial charge >= 0.3 is 0 Å². The highest BCUT2D eigenvalue weighted by Gasteiger charge is 2.19. The molecule has 1 aliphatic rings. The molecule has 16 heavy (non-hydrogen) atoms. The number of aromatic amines is 1. The third-order valence-corrected chi connectivity index (χ3v) is 3.46. The summed E-state index contributed by atoms with van der Waals surface area (Å²) < 4.78 is 0. The van der Waals surface area contributed by atoms with Gasteiger partial charge in [-0.05, 0) is 12.8 Å². The van der Waals surface area contributed by atoms with Gasteiger partial charge in [-0.2, -0.15) is 5.10 Å². The summed E-state index contributed by atoms with van der Waals surface area (Å²) >= 11 is 1.61. The third kappa shape index (κ3) is 2.28. The van der Waals surface area contributed by atoms with E-state index in [0.717, 1.165) is 35.5 Å². The first-order valence-electron chi connectivity index (χ1n) is 5.45. The standard InChI is InChI=1S/C10H13N5S/c1-2-7(1)11-4-3-8-5-16-10(14-8)9-12-6-13-15-9/h5-7,11H,1-4H2,(H,12,13,15). The highest BCUT2D eigenvalue weighted by atomic mass is 32.1. The van der Waals surface area contributed by atoms with E-state index in [-0.39, 0.29) is 0 Å². The largest absolute Gasteiger partial charge is 0.314 e. The molecule has 3 rings (SSSR count). The van der Waals surface area contributed by atoms with Crippen LogP contribution in [0.3, 0.4) is 0 Å². The first-order chi connectivity index (χ1) is 7.92. The number of hydrogen-bond donors (Lipinski definition) is 2. The van der Waals surface area contributed by atoms with Gasteiger partial charge in [0, 0.05) is 24.4 Å². The molecule has 0 bridgehead atoms. The van der Waals surface area contributed by atoms with Gasteiger partial charge in [0.2, 0.25) is 0 Å². The lowest BCUT2D eigenvalue weighted by Gasteiger charge is -1.98. The molecule has 84 valence electrons. The highest BCUT2D eigenvalue weighted by Crippen LogP contribution is 2.20. The van der Waals surface area contributed by atoms with Crippen LogP contribution < -0.4 is 5.32 Å². The minimum atomic E-state index is 0.756. The average Bonchev–Trinajstić information content (AvgIpc) is 2.83. The summed E-state index contributed by atoms with van der Waals surface area (Å²) in [7, 11) is 0. The Balaban J connectivity index is 1.59. The molecule has 2 aromatic heterocycles. The van der Waals surface area contributed by atoms with Gasteiger partial charge in [0.25, 0.3) is 0 Å². The molecule has 0 saturated heterocycles. The number of aromatic nitrogens is 4. The van der Waals surface area contributed by atoms with Crippen molar-refractivity contribution in [1.82, 2.24) is 25.5 Å². The molecule has 6 heteroatoms. The quantitative estimate of drug-likeness (QED) is 0.818. The maximum absolute atomic E-state index is 4.51. The summed E-state index contributed by atoms with van der Waals surface area (Å²) in [4.78, 5) is 8.60. The molecule has 1 saturated carbocycles. The maximum Gasteiger partial charge on any atom is 0.184 e. The normalized spacial score (nSPS) is 15.5. The lowest BCUT2D eigenvalue weighted by Crippen LogP contribution is -2.19. The average molecular weight is 235 g/mol. The van der Waals surface area contributed by atoms with Gasteiger partial charge in [-0.1, -0.05) is 0 Å². The van der Waals surface area contributed by atoms with Crippen molar-refractivity contribution in [1.29, 1.82) is 0 Å². The Morgan fingerprint density at radius 1 is 1.50 bits per heavy atom. The molecule has 1 fully saturated rings. The first kappa shape index (κ1) is 9.92. The minimum Gasteiger partial charge on any atom is -0.314 e. The van der Waals surface area contributed by atoms with Crippen LogP contribution in [0.5, 0.6) is 0 Å². The SMILES string of the molecule is c1n[nH]c(-c2nc(CCNC3CC3)cs2)n1. The Morgan fingerprint density at radius 3 is 3.19 bits per heavy atom. The number of nitrogens with one attached hydrogen (secondary N) is 2. The van der Waals surface area contributed by atoms with E-state index < -0.39 is 0 Å². The molecule has 1 aliphatic carbocycles. The van der Waals surface area contributed by atoms with Gasteiger partial charge < -0.3 is 5.32 Å². The lowest BCUT2D eigenvalue weighted by molar-refractivity contribution is 0.677. The zero-order valence-corrected chi connectivity index (χ0v) is 9.63. The van der Waals surface area contributed by atoms with Crippen molar-refractivity contribution in [3.05, 3.63) is 17.4 Å². The first-order valence-corrected chi connectivity index (χ1v) is 6.33. The zero-order chi connectivity index (χ0) is 10.8. The number of H-pyrrole nitrogens is 1. The van der Waals surface area contributed by atoms with Crippen molar-refractivity contribution < 1.29 is 0 Å². The van der Waals surface area contributed by atoms with Crippen LogP contribution in [0.15, 0.2) is 11.7 Å². The van der Waals surface area contributed by atoms with Crippen molar-refractivity contribution in [3.8, 4) is 10.8 Å². The summed E-state index contributed by atoms with van der Waals surface area (Å²) in [5.41, 5.74) is 1.13. The van der Waals surface area contributed by atoms with Crippen molar-refractivity contribution in [2.24, 2.45) is 0 Å². The second-order valence-corrected chi connectivity index (χ2v) is 4.81. The van der Waals surface area contributed by atoms with Gasteiger partial charge in [-0.15, -0.1) is 11.3 Å². The van der Waals surface area contributed by atoms with E-state index in [1.807, 2.05) is 0 Å². The fraction of sp³-hybridized carbons (Fsp3) is 0.500. The summed E-state index contributed by atoms with van der Waals surface area (Å²) in [6.07, 6.45) is 5.16. The molecule has 0 amide bonds. The molecule has 0 radical (unpaired) electrons. The molecule has 0 spiro atoms. The summed E-state index contributed by atoms with van der Waals surface area (Å²) in [6, 6.07) is 0.771. The van der Waals surface area contributed by atoms with Gasteiger partial charge in [-0.3, -0.25) is 5.10 Å². The van der Waals surface area contributed by atoms with Crippen LogP contribution in [0.1, 0.15) is 18.5 Å². The van der Waals surface area contributed by atoms with Crippen LogP contribution in [0.2, 0.25) is 0 Å². The molecule has 2 N–H and O–H groups in total. The predicted molar refractivity (Wildman–Crippen MR) is 62.2 cm³/mol.